The van der Waals surface area contributed by atoms with Gasteiger partial charge >= 0.3 is 0 Å². The summed E-state index contributed by atoms with van der Waals surface area (Å²) in [5, 5.41) is 6.42. The molecule has 1 aliphatic heterocycles. The third kappa shape index (κ3) is 2.41. The van der Waals surface area contributed by atoms with Gasteiger partial charge in [0, 0.05) is 22.8 Å². The second-order valence-electron chi connectivity index (χ2n) is 5.86. The number of aromatic nitrogens is 4. The lowest BCUT2D eigenvalue weighted by molar-refractivity contribution is 0.0725. The van der Waals surface area contributed by atoms with E-state index < -0.39 is 0 Å². The summed E-state index contributed by atoms with van der Waals surface area (Å²) in [7, 11) is 0. The highest BCUT2D eigenvalue weighted by Gasteiger charge is 2.33. The molecule has 3 aromatic heterocycles. The molecule has 1 fully saturated rings. The molecule has 0 saturated carbocycles. The molecule has 6 nitrogen and oxygen atoms in total. The van der Waals surface area contributed by atoms with Crippen LogP contribution in [-0.2, 0) is 0 Å². The number of fused-ring (bicyclic) bond motifs is 1. The van der Waals surface area contributed by atoms with Crippen LogP contribution in [0.3, 0.4) is 0 Å². The topological polar surface area (TPSA) is 63.4 Å². The van der Waals surface area contributed by atoms with Gasteiger partial charge in [0.05, 0.1) is 6.04 Å². The van der Waals surface area contributed by atoms with E-state index in [0.29, 0.717) is 5.78 Å². The number of carbonyl (C=O) groups is 1. The predicted molar refractivity (Wildman–Crippen MR) is 87.6 cm³/mol. The van der Waals surface area contributed by atoms with Crippen LogP contribution in [0, 0.1) is 13.8 Å². The molecule has 4 rings (SSSR count). The van der Waals surface area contributed by atoms with E-state index >= 15 is 0 Å². The number of carbonyl (C=O) groups excluding carboxylic acids is 1. The van der Waals surface area contributed by atoms with Crippen molar-refractivity contribution in [1.82, 2.24) is 24.5 Å². The van der Waals surface area contributed by atoms with E-state index in [4.69, 9.17) is 0 Å². The minimum Gasteiger partial charge on any atom is -0.328 e. The van der Waals surface area contributed by atoms with Gasteiger partial charge in [-0.2, -0.15) is 4.98 Å². The number of nitrogens with zero attached hydrogens (tertiary/aromatic N) is 5. The van der Waals surface area contributed by atoms with Gasteiger partial charge in [-0.25, -0.2) is 9.50 Å². The van der Waals surface area contributed by atoms with Crippen molar-refractivity contribution in [2.24, 2.45) is 0 Å². The van der Waals surface area contributed by atoms with E-state index in [1.165, 1.54) is 4.88 Å². The summed E-state index contributed by atoms with van der Waals surface area (Å²) in [6.45, 7) is 4.60. The van der Waals surface area contributed by atoms with Crippen LogP contribution in [0.15, 0.2) is 23.6 Å². The monoisotopic (exact) mass is 327 g/mol. The molecule has 3 aromatic rings. The van der Waals surface area contributed by atoms with Crippen molar-refractivity contribution >= 4 is 23.0 Å². The van der Waals surface area contributed by atoms with Crippen molar-refractivity contribution in [1.29, 1.82) is 0 Å². The molecule has 118 valence electrons. The van der Waals surface area contributed by atoms with E-state index in [-0.39, 0.29) is 17.8 Å². The minimum absolute atomic E-state index is 0.108. The number of amides is 1. The average Bonchev–Trinajstić information content (AvgIpc) is 3.25. The molecule has 0 aromatic carbocycles. The molecule has 0 aliphatic carbocycles. The molecule has 4 heterocycles. The second-order valence-corrected chi connectivity index (χ2v) is 6.84. The summed E-state index contributed by atoms with van der Waals surface area (Å²) < 4.78 is 1.64. The van der Waals surface area contributed by atoms with Crippen LogP contribution in [0.25, 0.3) is 5.78 Å². The Morgan fingerprint density at radius 2 is 2.22 bits per heavy atom. The minimum atomic E-state index is -0.108. The number of rotatable bonds is 2. The summed E-state index contributed by atoms with van der Waals surface area (Å²) in [6.07, 6.45) is 2.01. The highest BCUT2D eigenvalue weighted by Crippen LogP contribution is 2.35. The molecular formula is C16H17N5OS. The van der Waals surface area contributed by atoms with E-state index in [0.717, 1.165) is 30.8 Å². The van der Waals surface area contributed by atoms with Crippen LogP contribution >= 0.6 is 11.3 Å². The zero-order valence-corrected chi connectivity index (χ0v) is 13.9. The van der Waals surface area contributed by atoms with Crippen LogP contribution < -0.4 is 0 Å². The first-order valence-corrected chi connectivity index (χ1v) is 8.57. The van der Waals surface area contributed by atoms with E-state index in [9.17, 15) is 4.79 Å². The van der Waals surface area contributed by atoms with E-state index in [1.807, 2.05) is 30.9 Å². The molecule has 0 bridgehead atoms. The Bertz CT molecular complexity index is 870. The van der Waals surface area contributed by atoms with Gasteiger partial charge in [0.25, 0.3) is 11.7 Å². The van der Waals surface area contributed by atoms with Crippen molar-refractivity contribution in [3.63, 3.8) is 0 Å². The quantitative estimate of drug-likeness (QED) is 0.726. The number of hydrogen-bond donors (Lipinski definition) is 0. The van der Waals surface area contributed by atoms with Crippen molar-refractivity contribution in [3.8, 4) is 0 Å². The standard InChI is InChI=1S/C16H17N5OS/c1-10-9-11(2)21-16(17-10)18-14(19-21)15(22)20-7-3-5-12(20)13-6-4-8-23-13/h4,6,8-9,12H,3,5,7H2,1-2H3. The number of hydrogen-bond acceptors (Lipinski definition) is 5. The fraction of sp³-hybridized carbons (Fsp3) is 0.375. The zero-order chi connectivity index (χ0) is 16.0. The van der Waals surface area contributed by atoms with Crippen molar-refractivity contribution in [3.05, 3.63) is 45.7 Å². The number of aryl methyl sites for hydroxylation is 2. The van der Waals surface area contributed by atoms with Crippen molar-refractivity contribution in [2.45, 2.75) is 32.7 Å². The lowest BCUT2D eigenvalue weighted by atomic mass is 10.2. The third-order valence-electron chi connectivity index (χ3n) is 4.19. The number of likely N-dealkylation sites (tertiary alicyclic amines) is 1. The molecule has 0 spiro atoms. The molecule has 1 aliphatic rings. The summed E-state index contributed by atoms with van der Waals surface area (Å²) in [4.78, 5) is 24.7. The SMILES string of the molecule is Cc1cc(C)n2nc(C(=O)N3CCCC3c3cccs3)nc2n1. The van der Waals surface area contributed by atoms with Gasteiger partial charge in [-0.3, -0.25) is 4.79 Å². The fourth-order valence-corrected chi connectivity index (χ4v) is 4.05. The second kappa shape index (κ2) is 5.42. The first kappa shape index (κ1) is 14.3. The average molecular weight is 327 g/mol. The summed E-state index contributed by atoms with van der Waals surface area (Å²) in [6, 6.07) is 6.19. The summed E-state index contributed by atoms with van der Waals surface area (Å²) in [5.41, 5.74) is 1.80. The van der Waals surface area contributed by atoms with E-state index in [2.05, 4.69) is 26.5 Å². The number of thiophene rings is 1. The Labute approximate surface area is 137 Å². The Kier molecular flexibility index (Phi) is 3.37. The van der Waals surface area contributed by atoms with Gasteiger partial charge in [0.1, 0.15) is 0 Å². The van der Waals surface area contributed by atoms with Gasteiger partial charge in [-0.15, -0.1) is 16.4 Å². The molecule has 7 heteroatoms. The van der Waals surface area contributed by atoms with Gasteiger partial charge < -0.3 is 4.90 Å². The highest BCUT2D eigenvalue weighted by molar-refractivity contribution is 7.10. The van der Waals surface area contributed by atoms with Crippen LogP contribution in [0.2, 0.25) is 0 Å². The third-order valence-corrected chi connectivity index (χ3v) is 5.17. The van der Waals surface area contributed by atoms with Crippen molar-refractivity contribution < 1.29 is 4.79 Å². The maximum atomic E-state index is 12.9. The van der Waals surface area contributed by atoms with Gasteiger partial charge in [-0.1, -0.05) is 6.07 Å². The molecule has 1 unspecified atom stereocenters. The fourth-order valence-electron chi connectivity index (χ4n) is 3.17. The van der Waals surface area contributed by atoms with E-state index in [1.54, 1.807) is 15.9 Å². The molecule has 0 N–H and O–H groups in total. The lowest BCUT2D eigenvalue weighted by Crippen LogP contribution is -2.31. The van der Waals surface area contributed by atoms with Gasteiger partial charge in [-0.05, 0) is 44.2 Å². The Balaban J connectivity index is 1.70. The molecule has 23 heavy (non-hydrogen) atoms. The van der Waals surface area contributed by atoms with Crippen LogP contribution in [-0.4, -0.2) is 36.9 Å². The first-order valence-electron chi connectivity index (χ1n) is 7.69. The Morgan fingerprint density at radius 3 is 3.00 bits per heavy atom. The maximum absolute atomic E-state index is 12.9. The first-order chi connectivity index (χ1) is 11.1. The van der Waals surface area contributed by atoms with Crippen molar-refractivity contribution in [2.75, 3.05) is 6.54 Å². The van der Waals surface area contributed by atoms with Crippen LogP contribution in [0.5, 0.6) is 0 Å². The lowest BCUT2D eigenvalue weighted by Gasteiger charge is -2.22. The maximum Gasteiger partial charge on any atom is 0.294 e. The largest absolute Gasteiger partial charge is 0.328 e. The Hall–Kier alpha value is -2.28. The van der Waals surface area contributed by atoms with Crippen LogP contribution in [0.4, 0.5) is 0 Å². The Morgan fingerprint density at radius 1 is 1.35 bits per heavy atom. The zero-order valence-electron chi connectivity index (χ0n) is 13.1. The predicted octanol–water partition coefficient (Wildman–Crippen LogP) is 2.78. The highest BCUT2D eigenvalue weighted by atomic mass is 32.1. The summed E-state index contributed by atoms with van der Waals surface area (Å²) in [5.74, 6) is 0.607. The van der Waals surface area contributed by atoms with Gasteiger partial charge in [0.2, 0.25) is 5.82 Å². The molecule has 1 saturated heterocycles. The molecule has 1 amide bonds. The molecule has 1 atom stereocenters. The smallest absolute Gasteiger partial charge is 0.294 e. The summed E-state index contributed by atoms with van der Waals surface area (Å²) >= 11 is 1.69. The molecular weight excluding hydrogens is 310 g/mol. The molecule has 0 radical (unpaired) electrons. The van der Waals surface area contributed by atoms with Gasteiger partial charge in [0.15, 0.2) is 0 Å². The van der Waals surface area contributed by atoms with Crippen LogP contribution in [0.1, 0.15) is 45.8 Å². The normalized spacial score (nSPS) is 18.0.